The van der Waals surface area contributed by atoms with Crippen LogP contribution in [0.1, 0.15) is 12.8 Å². The van der Waals surface area contributed by atoms with E-state index in [1.54, 1.807) is 0 Å². The summed E-state index contributed by atoms with van der Waals surface area (Å²) in [5.41, 5.74) is 0.508. The number of aliphatic hydroxyl groups is 1. The number of esters is 1. The molecule has 0 aromatic heterocycles. The molecular weight excluding hydrogens is 248 g/mol. The van der Waals surface area contributed by atoms with Gasteiger partial charge >= 0.3 is 5.97 Å². The summed E-state index contributed by atoms with van der Waals surface area (Å²) < 4.78 is 15.7. The zero-order chi connectivity index (χ0) is 14.0. The van der Waals surface area contributed by atoms with Crippen LogP contribution in [0.3, 0.4) is 0 Å². The molecule has 0 saturated heterocycles. The fourth-order valence-electron chi connectivity index (χ4n) is 3.20. The third kappa shape index (κ3) is 2.12. The summed E-state index contributed by atoms with van der Waals surface area (Å²) in [6.07, 6.45) is 5.97. The lowest BCUT2D eigenvalue weighted by Crippen LogP contribution is -2.57. The maximum Gasteiger partial charge on any atom is 0.333 e. The van der Waals surface area contributed by atoms with Gasteiger partial charge < -0.3 is 19.3 Å². The van der Waals surface area contributed by atoms with E-state index in [0.717, 1.165) is 0 Å². The first kappa shape index (κ1) is 14.2. The maximum absolute atomic E-state index is 11.8. The number of ether oxygens (including phenoxy) is 3. The number of carbonyl (C=O) groups excluding carboxylic acids is 1. The van der Waals surface area contributed by atoms with Crippen LogP contribution in [0.25, 0.3) is 0 Å². The summed E-state index contributed by atoms with van der Waals surface area (Å²) in [4.78, 5) is 11.8. The highest BCUT2D eigenvalue weighted by atomic mass is 16.7. The lowest BCUT2D eigenvalue weighted by Gasteiger charge is -2.48. The molecule has 0 amide bonds. The molecule has 0 saturated carbocycles. The van der Waals surface area contributed by atoms with Gasteiger partial charge in [0.15, 0.2) is 0 Å². The van der Waals surface area contributed by atoms with Gasteiger partial charge in [-0.25, -0.2) is 4.79 Å². The van der Waals surface area contributed by atoms with Crippen molar-refractivity contribution in [3.05, 3.63) is 23.8 Å². The number of hydrogen-bond acceptors (Lipinski definition) is 5. The summed E-state index contributed by atoms with van der Waals surface area (Å²) in [5.74, 6) is -1.67. The Morgan fingerprint density at radius 3 is 2.47 bits per heavy atom. The van der Waals surface area contributed by atoms with Gasteiger partial charge in [0.25, 0.3) is 0 Å². The van der Waals surface area contributed by atoms with Crippen LogP contribution in [0.15, 0.2) is 23.8 Å². The molecule has 2 aliphatic rings. The first-order chi connectivity index (χ1) is 9.10. The molecule has 1 N–H and O–H groups in total. The highest BCUT2D eigenvalue weighted by Crippen LogP contribution is 2.46. The molecule has 0 bridgehead atoms. The second-order valence-electron chi connectivity index (χ2n) is 4.84. The van der Waals surface area contributed by atoms with E-state index in [-0.39, 0.29) is 11.8 Å². The van der Waals surface area contributed by atoms with Crippen molar-refractivity contribution >= 4 is 5.97 Å². The first-order valence-corrected chi connectivity index (χ1v) is 6.34. The summed E-state index contributed by atoms with van der Waals surface area (Å²) in [5, 5.41) is 10.3. The first-order valence-electron chi connectivity index (χ1n) is 6.34. The molecule has 0 aromatic rings. The van der Waals surface area contributed by atoms with Crippen molar-refractivity contribution in [2.75, 3.05) is 21.3 Å². The minimum absolute atomic E-state index is 0.0549. The van der Waals surface area contributed by atoms with E-state index >= 15 is 0 Å². The second-order valence-corrected chi connectivity index (χ2v) is 4.84. The zero-order valence-electron chi connectivity index (χ0n) is 11.5. The van der Waals surface area contributed by atoms with Crippen molar-refractivity contribution < 1.29 is 24.1 Å². The van der Waals surface area contributed by atoms with Crippen LogP contribution in [-0.2, 0) is 19.0 Å². The SMILES string of the molecule is COC(=O)C1=CC(O)C(OC)(OC)[C@@H]2CC=CC[C@H]12. The van der Waals surface area contributed by atoms with Crippen LogP contribution in [0.2, 0.25) is 0 Å². The van der Waals surface area contributed by atoms with Crippen LogP contribution in [0, 0.1) is 11.8 Å². The fourth-order valence-corrected chi connectivity index (χ4v) is 3.20. The summed E-state index contributed by atoms with van der Waals surface area (Å²) in [7, 11) is 4.37. The normalized spacial score (nSPS) is 32.4. The molecule has 1 unspecified atom stereocenters. The van der Waals surface area contributed by atoms with Crippen molar-refractivity contribution in [1.82, 2.24) is 0 Å². The molecule has 2 aliphatic carbocycles. The minimum Gasteiger partial charge on any atom is -0.466 e. The predicted octanol–water partition coefficient (Wildman–Crippen LogP) is 1.03. The van der Waals surface area contributed by atoms with Gasteiger partial charge in [-0.15, -0.1) is 0 Å². The highest BCUT2D eigenvalue weighted by Gasteiger charge is 2.53. The smallest absolute Gasteiger partial charge is 0.333 e. The van der Waals surface area contributed by atoms with E-state index in [4.69, 9.17) is 14.2 Å². The summed E-state index contributed by atoms with van der Waals surface area (Å²) in [6, 6.07) is 0. The molecule has 5 heteroatoms. The van der Waals surface area contributed by atoms with Gasteiger partial charge in [-0.1, -0.05) is 12.2 Å². The molecule has 0 spiro atoms. The van der Waals surface area contributed by atoms with Crippen molar-refractivity contribution in [1.29, 1.82) is 0 Å². The van der Waals surface area contributed by atoms with Crippen LogP contribution in [0.5, 0.6) is 0 Å². The largest absolute Gasteiger partial charge is 0.466 e. The number of methoxy groups -OCH3 is 3. The van der Waals surface area contributed by atoms with Crippen LogP contribution in [-0.4, -0.2) is 44.3 Å². The number of aliphatic hydroxyl groups excluding tert-OH is 1. The van der Waals surface area contributed by atoms with Crippen molar-refractivity contribution in [3.63, 3.8) is 0 Å². The Balaban J connectivity index is 2.46. The molecule has 0 aliphatic heterocycles. The Hall–Kier alpha value is -1.17. The molecule has 106 valence electrons. The van der Waals surface area contributed by atoms with E-state index in [1.165, 1.54) is 27.4 Å². The third-order valence-electron chi connectivity index (χ3n) is 4.16. The third-order valence-corrected chi connectivity index (χ3v) is 4.16. The molecule has 0 aromatic carbocycles. The molecule has 0 heterocycles. The van der Waals surface area contributed by atoms with E-state index in [2.05, 4.69) is 0 Å². The molecule has 5 nitrogen and oxygen atoms in total. The fraction of sp³-hybridized carbons (Fsp3) is 0.643. The Morgan fingerprint density at radius 1 is 1.26 bits per heavy atom. The zero-order valence-corrected chi connectivity index (χ0v) is 11.5. The molecule has 2 rings (SSSR count). The van der Waals surface area contributed by atoms with Gasteiger partial charge in [0.2, 0.25) is 5.79 Å². The average Bonchev–Trinajstić information content (AvgIpc) is 2.46. The van der Waals surface area contributed by atoms with Gasteiger partial charge in [-0.2, -0.15) is 0 Å². The molecular formula is C14H20O5. The molecule has 0 fully saturated rings. The van der Waals surface area contributed by atoms with Crippen LogP contribution >= 0.6 is 0 Å². The van der Waals surface area contributed by atoms with Gasteiger partial charge in [0.05, 0.1) is 7.11 Å². The number of carbonyl (C=O) groups is 1. The van der Waals surface area contributed by atoms with Crippen molar-refractivity contribution in [3.8, 4) is 0 Å². The number of fused-ring (bicyclic) bond motifs is 1. The van der Waals surface area contributed by atoms with Gasteiger partial charge in [0, 0.05) is 31.6 Å². The molecule has 0 radical (unpaired) electrons. The van der Waals surface area contributed by atoms with Crippen LogP contribution in [0.4, 0.5) is 0 Å². The molecule has 3 atom stereocenters. The maximum atomic E-state index is 11.8. The Bertz CT molecular complexity index is 408. The second kappa shape index (κ2) is 5.45. The lowest BCUT2D eigenvalue weighted by molar-refractivity contribution is -0.288. The van der Waals surface area contributed by atoms with Crippen LogP contribution < -0.4 is 0 Å². The molecule has 19 heavy (non-hydrogen) atoms. The Labute approximate surface area is 112 Å². The van der Waals surface area contributed by atoms with Gasteiger partial charge in [-0.3, -0.25) is 0 Å². The van der Waals surface area contributed by atoms with E-state index in [0.29, 0.717) is 18.4 Å². The van der Waals surface area contributed by atoms with Crippen molar-refractivity contribution in [2.45, 2.75) is 24.7 Å². The van der Waals surface area contributed by atoms with Gasteiger partial charge in [0.1, 0.15) is 6.10 Å². The van der Waals surface area contributed by atoms with Crippen molar-refractivity contribution in [2.24, 2.45) is 11.8 Å². The van der Waals surface area contributed by atoms with E-state index in [9.17, 15) is 9.90 Å². The predicted molar refractivity (Wildman–Crippen MR) is 68.2 cm³/mol. The topological polar surface area (TPSA) is 65.0 Å². The summed E-state index contributed by atoms with van der Waals surface area (Å²) in [6.45, 7) is 0. The summed E-state index contributed by atoms with van der Waals surface area (Å²) >= 11 is 0. The monoisotopic (exact) mass is 268 g/mol. The number of hydrogen-bond donors (Lipinski definition) is 1. The van der Waals surface area contributed by atoms with E-state index in [1.807, 2.05) is 12.2 Å². The highest BCUT2D eigenvalue weighted by molar-refractivity contribution is 5.89. The lowest BCUT2D eigenvalue weighted by atomic mass is 9.68. The quantitative estimate of drug-likeness (QED) is 0.470. The van der Waals surface area contributed by atoms with Gasteiger partial charge in [-0.05, 0) is 18.9 Å². The Morgan fingerprint density at radius 2 is 1.89 bits per heavy atom. The number of allylic oxidation sites excluding steroid dienone is 2. The Kier molecular flexibility index (Phi) is 4.08. The standard InChI is InChI=1S/C14H20O5/c1-17-13(16)10-8-12(15)14(18-2,19-3)11-7-5-4-6-9(10)11/h4-5,8-9,11-12,15H,6-7H2,1-3H3/t9-,11-,12?/m1/s1. The average molecular weight is 268 g/mol. The minimum atomic E-state index is -1.10. The number of rotatable bonds is 3. The van der Waals surface area contributed by atoms with E-state index < -0.39 is 17.9 Å².